The molecule has 12 heteroatoms. The predicted molar refractivity (Wildman–Crippen MR) is 109 cm³/mol. The van der Waals surface area contributed by atoms with E-state index in [4.69, 9.17) is 0 Å². The van der Waals surface area contributed by atoms with Gasteiger partial charge in [-0.15, -0.1) is 0 Å². The van der Waals surface area contributed by atoms with Gasteiger partial charge in [0.1, 0.15) is 0 Å². The molecular formula is C22H20F8N2O2. The molecule has 0 bridgehead atoms. The minimum Gasteiger partial charge on any atom is -0.321 e. The minimum absolute atomic E-state index is 0.358. The molecular weight excluding hydrogens is 476 g/mol. The fourth-order valence-electron chi connectivity index (χ4n) is 2.84. The van der Waals surface area contributed by atoms with Crippen LogP contribution in [0.3, 0.4) is 0 Å². The van der Waals surface area contributed by atoms with Crippen molar-refractivity contribution >= 4 is 23.2 Å². The molecule has 34 heavy (non-hydrogen) atoms. The molecule has 0 spiro atoms. The lowest BCUT2D eigenvalue weighted by Crippen LogP contribution is -2.67. The number of carbonyl (C=O) groups excluding carboxylic acids is 2. The van der Waals surface area contributed by atoms with Crippen LogP contribution in [0, 0.1) is 0 Å². The Labute approximate surface area is 189 Å². The zero-order valence-electron chi connectivity index (χ0n) is 17.9. The van der Waals surface area contributed by atoms with Crippen molar-refractivity contribution < 1.29 is 44.7 Å². The molecule has 4 nitrogen and oxygen atoms in total. The fraction of sp³-hybridized carbons (Fsp3) is 0.364. The Bertz CT molecular complexity index is 973. The van der Waals surface area contributed by atoms with E-state index in [0.717, 1.165) is 24.3 Å². The molecule has 0 saturated carbocycles. The highest BCUT2D eigenvalue weighted by Gasteiger charge is 2.84. The van der Waals surface area contributed by atoms with Crippen molar-refractivity contribution in [1.29, 1.82) is 0 Å². The van der Waals surface area contributed by atoms with Gasteiger partial charge in [-0.2, -0.15) is 35.1 Å². The van der Waals surface area contributed by atoms with Crippen molar-refractivity contribution in [3.63, 3.8) is 0 Å². The number of amides is 2. The van der Waals surface area contributed by atoms with E-state index in [-0.39, 0.29) is 0 Å². The van der Waals surface area contributed by atoms with E-state index >= 15 is 0 Å². The second-order valence-corrected chi connectivity index (χ2v) is 7.31. The van der Waals surface area contributed by atoms with Crippen LogP contribution in [0.2, 0.25) is 0 Å². The third kappa shape index (κ3) is 4.85. The number of halogens is 8. The predicted octanol–water partition coefficient (Wildman–Crippen LogP) is 5.93. The van der Waals surface area contributed by atoms with Gasteiger partial charge in [0.05, 0.1) is 0 Å². The third-order valence-electron chi connectivity index (χ3n) is 4.94. The van der Waals surface area contributed by atoms with Crippen LogP contribution in [0.15, 0.2) is 48.5 Å². The summed E-state index contributed by atoms with van der Waals surface area (Å²) in [6.45, 7) is 3.30. The lowest BCUT2D eigenvalue weighted by Gasteiger charge is -2.35. The van der Waals surface area contributed by atoms with Gasteiger partial charge in [-0.05, 0) is 48.2 Å². The standard InChI is InChI=1S/C22H20F8N2O2/c1-3-13-7-5-9-15(11-13)31-17(33)19(23,24)21(27,28)22(29,30)20(25,26)18(34)32-16-10-6-8-14(4-2)12-16/h5-12H,3-4H2,1-2H3,(H,31,33)(H,32,34). The third-order valence-corrected chi connectivity index (χ3v) is 4.94. The molecule has 2 N–H and O–H groups in total. The molecule has 186 valence electrons. The lowest BCUT2D eigenvalue weighted by atomic mass is 9.97. The van der Waals surface area contributed by atoms with E-state index in [9.17, 15) is 44.7 Å². The van der Waals surface area contributed by atoms with E-state index in [2.05, 4.69) is 0 Å². The maximum atomic E-state index is 14.2. The number of nitrogens with one attached hydrogen (secondary N) is 2. The van der Waals surface area contributed by atoms with Gasteiger partial charge in [0, 0.05) is 11.4 Å². The number of benzene rings is 2. The number of aryl methyl sites for hydroxylation is 2. The number of anilines is 2. The van der Waals surface area contributed by atoms with Crippen LogP contribution in [0.4, 0.5) is 46.5 Å². The van der Waals surface area contributed by atoms with Crippen LogP contribution >= 0.6 is 0 Å². The number of hydrogen-bond acceptors (Lipinski definition) is 2. The Morgan fingerprint density at radius 2 is 0.971 bits per heavy atom. The SMILES string of the molecule is CCc1cccc(NC(=O)C(F)(F)C(F)(F)C(F)(F)C(F)(F)C(=O)Nc2cccc(CC)c2)c1. The van der Waals surface area contributed by atoms with Gasteiger partial charge in [-0.25, -0.2) is 0 Å². The van der Waals surface area contributed by atoms with Gasteiger partial charge in [-0.1, -0.05) is 38.1 Å². The highest BCUT2D eigenvalue weighted by atomic mass is 19.4. The maximum Gasteiger partial charge on any atom is 0.393 e. The zero-order chi connectivity index (χ0) is 25.9. The summed E-state index contributed by atoms with van der Waals surface area (Å²) in [5.41, 5.74) is 0.0778. The molecule has 0 atom stereocenters. The van der Waals surface area contributed by atoms with Gasteiger partial charge >= 0.3 is 35.5 Å². The Kier molecular flexibility index (Phi) is 7.63. The van der Waals surface area contributed by atoms with E-state index in [0.29, 0.717) is 24.0 Å². The molecule has 0 unspecified atom stereocenters. The average molecular weight is 496 g/mol. The first-order chi connectivity index (χ1) is 15.6. The molecule has 2 amide bonds. The Hall–Kier alpha value is -3.18. The van der Waals surface area contributed by atoms with Crippen molar-refractivity contribution in [1.82, 2.24) is 0 Å². The molecule has 0 heterocycles. The largest absolute Gasteiger partial charge is 0.393 e. The molecule has 0 aliphatic rings. The Morgan fingerprint density at radius 3 is 1.26 bits per heavy atom. The van der Waals surface area contributed by atoms with Gasteiger partial charge in [0.25, 0.3) is 0 Å². The Morgan fingerprint density at radius 1 is 0.647 bits per heavy atom. The minimum atomic E-state index is -6.95. The smallest absolute Gasteiger partial charge is 0.321 e. The van der Waals surface area contributed by atoms with Crippen LogP contribution in [0.1, 0.15) is 25.0 Å². The summed E-state index contributed by atoms with van der Waals surface area (Å²) in [6, 6.07) is 9.79. The molecule has 0 fully saturated rings. The van der Waals surface area contributed by atoms with Crippen molar-refractivity contribution in [3.05, 3.63) is 59.7 Å². The van der Waals surface area contributed by atoms with Gasteiger partial charge in [-0.3, -0.25) is 9.59 Å². The molecule has 0 saturated heterocycles. The summed E-state index contributed by atoms with van der Waals surface area (Å²) in [5.74, 6) is -32.4. The number of rotatable bonds is 9. The lowest BCUT2D eigenvalue weighted by molar-refractivity contribution is -0.345. The molecule has 2 aromatic rings. The first-order valence-electron chi connectivity index (χ1n) is 9.93. The van der Waals surface area contributed by atoms with Gasteiger partial charge in [0.15, 0.2) is 0 Å². The normalized spacial score (nSPS) is 12.9. The summed E-state index contributed by atoms with van der Waals surface area (Å²) in [6.07, 6.45) is 0.716. The zero-order valence-corrected chi connectivity index (χ0v) is 17.9. The van der Waals surface area contributed by atoms with Crippen LogP contribution in [0.5, 0.6) is 0 Å². The topological polar surface area (TPSA) is 58.2 Å². The molecule has 0 aromatic heterocycles. The number of hydrogen-bond donors (Lipinski definition) is 2. The fourth-order valence-corrected chi connectivity index (χ4v) is 2.84. The van der Waals surface area contributed by atoms with Crippen molar-refractivity contribution in [2.45, 2.75) is 50.4 Å². The number of alkyl halides is 8. The summed E-state index contributed by atoms with van der Waals surface area (Å²) in [4.78, 5) is 23.5. The molecule has 0 radical (unpaired) electrons. The first kappa shape index (κ1) is 27.1. The molecule has 2 rings (SSSR count). The highest BCUT2D eigenvalue weighted by molar-refractivity contribution is 5.99. The molecule has 2 aromatic carbocycles. The van der Waals surface area contributed by atoms with Crippen molar-refractivity contribution in [2.24, 2.45) is 0 Å². The second-order valence-electron chi connectivity index (χ2n) is 7.31. The maximum absolute atomic E-state index is 14.2. The highest BCUT2D eigenvalue weighted by Crippen LogP contribution is 2.53. The van der Waals surface area contributed by atoms with E-state index < -0.39 is 46.9 Å². The number of carbonyl (C=O) groups is 2. The van der Waals surface area contributed by atoms with E-state index in [1.165, 1.54) is 34.9 Å². The van der Waals surface area contributed by atoms with Crippen LogP contribution in [0.25, 0.3) is 0 Å². The van der Waals surface area contributed by atoms with Gasteiger partial charge < -0.3 is 10.6 Å². The molecule has 0 aliphatic carbocycles. The second kappa shape index (κ2) is 9.59. The monoisotopic (exact) mass is 496 g/mol. The summed E-state index contributed by atoms with van der Waals surface area (Å²) >= 11 is 0. The summed E-state index contributed by atoms with van der Waals surface area (Å²) < 4.78 is 113. The van der Waals surface area contributed by atoms with Crippen LogP contribution in [-0.2, 0) is 22.4 Å². The van der Waals surface area contributed by atoms with Crippen LogP contribution < -0.4 is 10.6 Å². The first-order valence-corrected chi connectivity index (χ1v) is 9.93. The van der Waals surface area contributed by atoms with Gasteiger partial charge in [0.2, 0.25) is 0 Å². The average Bonchev–Trinajstić information content (AvgIpc) is 2.78. The van der Waals surface area contributed by atoms with Crippen molar-refractivity contribution in [2.75, 3.05) is 10.6 Å². The van der Waals surface area contributed by atoms with E-state index in [1.807, 2.05) is 0 Å². The Balaban J connectivity index is 2.32. The molecule has 0 aliphatic heterocycles. The summed E-state index contributed by atoms with van der Waals surface area (Å²) in [5, 5.41) is 2.64. The quantitative estimate of drug-likeness (QED) is 0.423. The van der Waals surface area contributed by atoms with Crippen molar-refractivity contribution in [3.8, 4) is 0 Å². The summed E-state index contributed by atoms with van der Waals surface area (Å²) in [7, 11) is 0. The van der Waals surface area contributed by atoms with Crippen LogP contribution in [-0.4, -0.2) is 35.5 Å². The van der Waals surface area contributed by atoms with E-state index in [1.54, 1.807) is 13.8 Å².